The number of hydrogen-bond donors (Lipinski definition) is 0. The molecule has 0 amide bonds. The largest absolute Gasteiger partial charge is 0.462 e. The summed E-state index contributed by atoms with van der Waals surface area (Å²) in [5, 5.41) is 0. The Bertz CT molecular complexity index is 698. The maximum Gasteiger partial charge on any atom is 0.334 e. The molecule has 1 aromatic rings. The molecule has 1 aromatic carbocycles. The predicted octanol–water partition coefficient (Wildman–Crippen LogP) is 3.83. The van der Waals surface area contributed by atoms with Crippen molar-refractivity contribution in [3.63, 3.8) is 0 Å². The van der Waals surface area contributed by atoms with Crippen molar-refractivity contribution in [1.82, 2.24) is 4.67 Å². The molecule has 0 N–H and O–H groups in total. The molecule has 124 valence electrons. The molecule has 0 saturated carbocycles. The Kier molecular flexibility index (Phi) is 4.35. The number of allylic oxidation sites excluding steroid dienone is 1. The van der Waals surface area contributed by atoms with Gasteiger partial charge in [0.15, 0.2) is 0 Å². The molecule has 1 heterocycles. The molecule has 1 aliphatic heterocycles. The minimum absolute atomic E-state index is 0.182. The summed E-state index contributed by atoms with van der Waals surface area (Å²) in [6.07, 6.45) is 6.14. The maximum atomic E-state index is 12.8. The summed E-state index contributed by atoms with van der Waals surface area (Å²) in [5.41, 5.74) is 2.20. The second kappa shape index (κ2) is 6.14. The molecule has 0 spiro atoms. The van der Waals surface area contributed by atoms with Crippen molar-refractivity contribution in [2.24, 2.45) is 0 Å². The Balaban J connectivity index is 1.72. The highest BCUT2D eigenvalue weighted by Gasteiger charge is 2.56. The van der Waals surface area contributed by atoms with Gasteiger partial charge in [0.2, 0.25) is 0 Å². The van der Waals surface area contributed by atoms with Crippen molar-refractivity contribution in [1.29, 1.82) is 0 Å². The van der Waals surface area contributed by atoms with Crippen molar-refractivity contribution in [2.45, 2.75) is 45.8 Å². The van der Waals surface area contributed by atoms with Gasteiger partial charge in [0, 0.05) is 5.56 Å². The van der Waals surface area contributed by atoms with E-state index in [1.807, 2.05) is 18.2 Å². The van der Waals surface area contributed by atoms with E-state index in [-0.39, 0.29) is 12.1 Å². The highest BCUT2D eigenvalue weighted by molar-refractivity contribution is 7.63. The highest BCUT2D eigenvalue weighted by atomic mass is 31.2. The zero-order valence-electron chi connectivity index (χ0n) is 13.7. The van der Waals surface area contributed by atoms with E-state index < -0.39 is 13.6 Å². The Labute approximate surface area is 136 Å². The molecule has 0 aromatic heterocycles. The molecule has 3 atom stereocenters. The van der Waals surface area contributed by atoms with E-state index in [4.69, 9.17) is 9.26 Å². The van der Waals surface area contributed by atoms with Crippen molar-refractivity contribution >= 4 is 19.6 Å². The van der Waals surface area contributed by atoms with Gasteiger partial charge in [-0.15, -0.1) is 0 Å². The molecular formula is C17H22NO4P. The topological polar surface area (TPSA) is 55.6 Å². The van der Waals surface area contributed by atoms with Gasteiger partial charge in [-0.1, -0.05) is 24.3 Å². The molecule has 2 unspecified atom stereocenters. The normalized spacial score (nSPS) is 26.5. The van der Waals surface area contributed by atoms with E-state index in [1.54, 1.807) is 25.4 Å². The summed E-state index contributed by atoms with van der Waals surface area (Å²) in [4.78, 5) is 12.0. The van der Waals surface area contributed by atoms with Gasteiger partial charge in [-0.05, 0) is 45.2 Å². The number of benzene rings is 1. The molecule has 5 nitrogen and oxygen atoms in total. The number of esters is 1. The van der Waals surface area contributed by atoms with E-state index in [9.17, 15) is 9.36 Å². The summed E-state index contributed by atoms with van der Waals surface area (Å²) in [6, 6.07) is 5.23. The van der Waals surface area contributed by atoms with Gasteiger partial charge in [0.25, 0.3) is 0 Å². The van der Waals surface area contributed by atoms with Crippen LogP contribution in [-0.2, 0) is 20.5 Å². The number of fused-ring (bicyclic) bond motifs is 1. The Morgan fingerprint density at radius 2 is 2.09 bits per heavy atom. The van der Waals surface area contributed by atoms with E-state index in [0.29, 0.717) is 12.0 Å². The monoisotopic (exact) mass is 335 g/mol. The van der Waals surface area contributed by atoms with Crippen LogP contribution in [-0.4, -0.2) is 29.1 Å². The number of rotatable bonds is 5. The zero-order chi connectivity index (χ0) is 16.6. The maximum absolute atomic E-state index is 12.8. The Morgan fingerprint density at radius 3 is 2.83 bits per heavy atom. The summed E-state index contributed by atoms with van der Waals surface area (Å²) >= 11 is 0. The second-order valence-corrected chi connectivity index (χ2v) is 8.49. The third-order valence-electron chi connectivity index (χ3n) is 4.04. The van der Waals surface area contributed by atoms with E-state index in [2.05, 4.69) is 12.2 Å². The number of hydrogen-bond acceptors (Lipinski definition) is 4. The minimum atomic E-state index is -2.94. The van der Waals surface area contributed by atoms with Crippen LogP contribution in [0.25, 0.3) is 6.08 Å². The zero-order valence-corrected chi connectivity index (χ0v) is 14.6. The van der Waals surface area contributed by atoms with Crippen molar-refractivity contribution in [2.75, 3.05) is 6.29 Å². The van der Waals surface area contributed by atoms with E-state index in [1.165, 1.54) is 0 Å². The fraction of sp³-hybridized carbons (Fsp3) is 0.471. The summed E-state index contributed by atoms with van der Waals surface area (Å²) in [7, 11) is -2.94. The summed E-state index contributed by atoms with van der Waals surface area (Å²) < 4.78 is 25.4. The molecule has 1 aliphatic carbocycles. The van der Waals surface area contributed by atoms with Gasteiger partial charge < -0.3 is 9.26 Å². The standard InChI is InChI=1S/C17H22NO4P/c1-12(2)21-17(19)13(3)18-11-23(18,20)22-16-10-6-8-14-7-4-5-9-15(14)16/h4,6-8,10,12-13H,5,9,11H2,1-3H3/t13-,18?,23?/m0/s1. The average Bonchev–Trinajstić information content (AvgIpc) is 3.17. The van der Waals surface area contributed by atoms with Gasteiger partial charge in [0.05, 0.1) is 6.10 Å². The highest BCUT2D eigenvalue weighted by Crippen LogP contribution is 2.67. The van der Waals surface area contributed by atoms with Crippen molar-refractivity contribution < 1.29 is 18.6 Å². The Hall–Kier alpha value is -1.58. The summed E-state index contributed by atoms with van der Waals surface area (Å²) in [5.74, 6) is 0.307. The van der Waals surface area contributed by atoms with Crippen LogP contribution >= 0.6 is 7.52 Å². The molecule has 3 rings (SSSR count). The lowest BCUT2D eigenvalue weighted by Gasteiger charge is -2.17. The van der Waals surface area contributed by atoms with Crippen LogP contribution in [0.1, 0.15) is 38.3 Å². The number of carbonyl (C=O) groups excluding carboxylic acids is 1. The molecule has 1 saturated heterocycles. The van der Waals surface area contributed by atoms with Crippen LogP contribution in [0.3, 0.4) is 0 Å². The molecule has 6 heteroatoms. The van der Waals surface area contributed by atoms with Crippen LogP contribution in [0.5, 0.6) is 5.75 Å². The first-order valence-electron chi connectivity index (χ1n) is 7.95. The van der Waals surface area contributed by atoms with E-state index in [0.717, 1.165) is 24.0 Å². The van der Waals surface area contributed by atoms with Crippen molar-refractivity contribution in [3.8, 4) is 5.75 Å². The lowest BCUT2D eigenvalue weighted by atomic mass is 9.97. The van der Waals surface area contributed by atoms with Crippen LogP contribution < -0.4 is 4.52 Å². The van der Waals surface area contributed by atoms with Crippen LogP contribution in [0, 0.1) is 0 Å². The van der Waals surface area contributed by atoms with Gasteiger partial charge >= 0.3 is 13.5 Å². The fourth-order valence-corrected chi connectivity index (χ4v) is 4.89. The number of nitrogens with zero attached hydrogens (tertiary/aromatic N) is 1. The van der Waals surface area contributed by atoms with Crippen molar-refractivity contribution in [3.05, 3.63) is 35.4 Å². The molecule has 0 radical (unpaired) electrons. The molecular weight excluding hydrogens is 313 g/mol. The van der Waals surface area contributed by atoms with Gasteiger partial charge in [-0.2, -0.15) is 4.67 Å². The first kappa shape index (κ1) is 16.3. The van der Waals surface area contributed by atoms with Gasteiger partial charge in [-0.25, -0.2) is 0 Å². The fourth-order valence-electron chi connectivity index (χ4n) is 2.76. The third-order valence-corrected chi connectivity index (χ3v) is 6.13. The van der Waals surface area contributed by atoms with Crippen LogP contribution in [0.4, 0.5) is 0 Å². The molecule has 0 bridgehead atoms. The summed E-state index contributed by atoms with van der Waals surface area (Å²) in [6.45, 7) is 5.30. The predicted molar refractivity (Wildman–Crippen MR) is 89.4 cm³/mol. The van der Waals surface area contributed by atoms with E-state index >= 15 is 0 Å². The Morgan fingerprint density at radius 1 is 1.30 bits per heavy atom. The van der Waals surface area contributed by atoms with Crippen LogP contribution in [0.15, 0.2) is 24.3 Å². The third kappa shape index (κ3) is 3.36. The molecule has 2 aliphatic rings. The average molecular weight is 335 g/mol. The lowest BCUT2D eigenvalue weighted by molar-refractivity contribution is -0.150. The second-order valence-electron chi connectivity index (χ2n) is 6.24. The van der Waals surface area contributed by atoms with Gasteiger partial charge in [0.1, 0.15) is 18.1 Å². The first-order valence-corrected chi connectivity index (χ1v) is 9.72. The molecule has 1 fully saturated rings. The number of carbonyl (C=O) groups is 1. The molecule has 23 heavy (non-hydrogen) atoms. The number of ether oxygens (including phenoxy) is 1. The SMILES string of the molecule is CC(C)OC(=O)[C@H](C)N1CP1(=O)Oc1cccc2c1CCC=C2. The lowest BCUT2D eigenvalue weighted by Crippen LogP contribution is -2.29. The quantitative estimate of drug-likeness (QED) is 0.465. The van der Waals surface area contributed by atoms with Gasteiger partial charge in [-0.3, -0.25) is 9.36 Å². The minimum Gasteiger partial charge on any atom is -0.462 e. The smallest absolute Gasteiger partial charge is 0.334 e. The first-order chi connectivity index (χ1) is 10.9. The van der Waals surface area contributed by atoms with Crippen LogP contribution in [0.2, 0.25) is 0 Å².